The molecule has 1 heterocycles. The van der Waals surface area contributed by atoms with Crippen LogP contribution >= 0.6 is 42.3 Å². The summed E-state index contributed by atoms with van der Waals surface area (Å²) in [5.41, 5.74) is 1.20. The van der Waals surface area contributed by atoms with Crippen LogP contribution in [0.4, 0.5) is 10.1 Å². The molecule has 0 aliphatic rings. The molecule has 0 unspecified atom stereocenters. The lowest BCUT2D eigenvalue weighted by molar-refractivity contribution is 0.103. The van der Waals surface area contributed by atoms with Gasteiger partial charge in [-0.2, -0.15) is 5.26 Å². The number of fused-ring (bicyclic) bond motifs is 1. The molecule has 0 atom stereocenters. The third kappa shape index (κ3) is 3.04. The van der Waals surface area contributed by atoms with E-state index in [2.05, 4.69) is 11.3 Å². The Morgan fingerprint density at radius 1 is 1.52 bits per heavy atom. The molecule has 0 spiro atoms. The van der Waals surface area contributed by atoms with Crippen LogP contribution in [0.3, 0.4) is 0 Å². The fourth-order valence-corrected chi connectivity index (χ4v) is 3.92. The number of aromatic nitrogens is 1. The Morgan fingerprint density at radius 3 is 2.81 bits per heavy atom. The van der Waals surface area contributed by atoms with Gasteiger partial charge in [-0.3, -0.25) is 8.77 Å². The minimum absolute atomic E-state index is 0.146. The normalized spacial score (nSPS) is 10.4. The highest BCUT2D eigenvalue weighted by Gasteiger charge is 2.19. The van der Waals surface area contributed by atoms with Crippen molar-refractivity contribution in [1.29, 1.82) is 5.26 Å². The molecular formula is C13H9FIN3OS2. The lowest BCUT2D eigenvalue weighted by Crippen LogP contribution is -2.05. The molecule has 0 bridgehead atoms. The first-order chi connectivity index (χ1) is 10.0. The summed E-state index contributed by atoms with van der Waals surface area (Å²) in [6.45, 7) is 3.43. The van der Waals surface area contributed by atoms with Crippen molar-refractivity contribution < 1.29 is 9.18 Å². The molecule has 4 nitrogen and oxygen atoms in total. The molecule has 0 aliphatic carbocycles. The first-order valence-corrected chi connectivity index (χ1v) is 10.1. The van der Waals surface area contributed by atoms with Gasteiger partial charge < -0.3 is 4.72 Å². The number of hydrogen-bond donors (Lipinski definition) is 1. The highest BCUT2D eigenvalue weighted by Crippen LogP contribution is 2.33. The number of ketones is 1. The Hall–Kier alpha value is -1.18. The van der Waals surface area contributed by atoms with Crippen LogP contribution in [0, 0.1) is 17.1 Å². The fourth-order valence-electron chi connectivity index (χ4n) is 1.83. The molecule has 0 radical (unpaired) electrons. The van der Waals surface area contributed by atoms with E-state index in [9.17, 15) is 9.18 Å². The van der Waals surface area contributed by atoms with Gasteiger partial charge in [-0.1, -0.05) is 18.5 Å². The lowest BCUT2D eigenvalue weighted by atomic mass is 10.1. The lowest BCUT2D eigenvalue weighted by Gasteiger charge is -2.07. The van der Waals surface area contributed by atoms with Crippen LogP contribution in [-0.4, -0.2) is 16.0 Å². The molecule has 2 rings (SSSR count). The largest absolute Gasteiger partial charge is 0.327 e. The van der Waals surface area contributed by atoms with E-state index in [1.807, 2.05) is 21.2 Å². The highest BCUT2D eigenvalue weighted by molar-refractivity contribution is 14.2. The van der Waals surface area contributed by atoms with Gasteiger partial charge >= 0.3 is 0 Å². The van der Waals surface area contributed by atoms with Crippen LogP contribution in [0.25, 0.3) is 10.9 Å². The van der Waals surface area contributed by atoms with Gasteiger partial charge in [-0.15, -0.1) is 0 Å². The molecule has 8 heteroatoms. The molecule has 0 aliphatic heterocycles. The zero-order valence-electron chi connectivity index (χ0n) is 10.8. The van der Waals surface area contributed by atoms with E-state index in [1.54, 1.807) is 28.4 Å². The van der Waals surface area contributed by atoms with Crippen molar-refractivity contribution in [3.63, 3.8) is 0 Å². The van der Waals surface area contributed by atoms with Crippen molar-refractivity contribution in [2.45, 2.75) is 0 Å². The molecule has 2 aromatic rings. The molecule has 108 valence electrons. The fraction of sp³-hybridized carbons (Fsp3) is 0.0769. The number of carbonyl (C=O) groups excluding carboxylic acids is 1. The maximum absolute atomic E-state index is 13.9. The molecule has 1 aromatic carbocycles. The number of hydrogen-bond acceptors (Lipinski definition) is 5. The van der Waals surface area contributed by atoms with Gasteiger partial charge in [-0.25, -0.2) is 4.39 Å². The van der Waals surface area contributed by atoms with Gasteiger partial charge in [0.25, 0.3) is 0 Å². The topological polar surface area (TPSA) is 57.8 Å². The Bertz CT molecular complexity index is 782. The summed E-state index contributed by atoms with van der Waals surface area (Å²) in [7, 11) is 1.28. The summed E-state index contributed by atoms with van der Waals surface area (Å²) in [5.74, 6) is -0.858. The Kier molecular flexibility index (Phi) is 5.18. The second-order valence-electron chi connectivity index (χ2n) is 4.01. The molecule has 0 saturated carbocycles. The number of nitrogens with zero attached hydrogens (tertiary/aromatic N) is 2. The van der Waals surface area contributed by atoms with Gasteiger partial charge in [0, 0.05) is 42.0 Å². The summed E-state index contributed by atoms with van der Waals surface area (Å²) < 4.78 is 18.4. The summed E-state index contributed by atoms with van der Waals surface area (Å²) in [4.78, 5) is 12.1. The molecule has 1 aromatic heterocycles. The predicted molar refractivity (Wildman–Crippen MR) is 95.1 cm³/mol. The van der Waals surface area contributed by atoms with Crippen LogP contribution in [0.2, 0.25) is 0 Å². The van der Waals surface area contributed by atoms with Crippen molar-refractivity contribution in [1.82, 2.24) is 3.97 Å². The van der Waals surface area contributed by atoms with E-state index in [-0.39, 0.29) is 5.57 Å². The zero-order valence-corrected chi connectivity index (χ0v) is 14.6. The Morgan fingerprint density at radius 2 is 2.24 bits per heavy atom. The first-order valence-electron chi connectivity index (χ1n) is 5.60. The Balaban J connectivity index is 2.67. The van der Waals surface area contributed by atoms with E-state index < -0.39 is 11.6 Å². The van der Waals surface area contributed by atoms with E-state index in [1.165, 1.54) is 27.1 Å². The minimum Gasteiger partial charge on any atom is -0.327 e. The van der Waals surface area contributed by atoms with Gasteiger partial charge in [-0.05, 0) is 18.2 Å². The molecule has 0 fully saturated rings. The minimum atomic E-state index is -0.461. The van der Waals surface area contributed by atoms with Crippen molar-refractivity contribution in [3.8, 4) is 6.07 Å². The third-order valence-corrected chi connectivity index (χ3v) is 4.91. The smallest absolute Gasteiger partial charge is 0.220 e. The molecule has 0 amide bonds. The Labute approximate surface area is 141 Å². The van der Waals surface area contributed by atoms with Crippen molar-refractivity contribution in [2.75, 3.05) is 11.0 Å². The van der Waals surface area contributed by atoms with Crippen molar-refractivity contribution in [3.05, 3.63) is 41.9 Å². The van der Waals surface area contributed by atoms with Crippen LogP contribution in [0.1, 0.15) is 10.5 Å². The zero-order chi connectivity index (χ0) is 15.6. The van der Waals surface area contributed by atoms with Crippen molar-refractivity contribution in [2.24, 2.45) is 0 Å². The predicted octanol–water partition coefficient (Wildman–Crippen LogP) is 4.58. The monoisotopic (exact) mass is 433 g/mol. The standard InChI is InChI=1S/C13H9FIN3OS2/c1-7(6-16)13(19)12-4-8-3-9(14)10(17-20-2)5-11(8)18(12)21-15/h3-5,17H,1H2,2H3. The van der Waals surface area contributed by atoms with Crippen LogP contribution in [0.15, 0.2) is 30.4 Å². The van der Waals surface area contributed by atoms with E-state index in [4.69, 9.17) is 5.26 Å². The summed E-state index contributed by atoms with van der Waals surface area (Å²) >= 11 is 3.31. The average molecular weight is 433 g/mol. The molecule has 1 N–H and O–H groups in total. The third-order valence-electron chi connectivity index (χ3n) is 2.77. The molecular weight excluding hydrogens is 424 g/mol. The molecule has 21 heavy (non-hydrogen) atoms. The number of Topliss-reactive ketones (excluding diaryl/α,β-unsaturated/α-hetero) is 1. The average Bonchev–Trinajstić information content (AvgIpc) is 2.83. The van der Waals surface area contributed by atoms with Gasteiger partial charge in [0.15, 0.2) is 0 Å². The number of anilines is 1. The number of allylic oxidation sites excluding steroid dienone is 1. The quantitative estimate of drug-likeness (QED) is 0.246. The van der Waals surface area contributed by atoms with Gasteiger partial charge in [0.05, 0.1) is 16.8 Å². The number of rotatable bonds is 5. The number of carbonyl (C=O) groups is 1. The van der Waals surface area contributed by atoms with Crippen LogP contribution in [0.5, 0.6) is 0 Å². The SMILES string of the molecule is C=C(C#N)C(=O)c1cc2cc(F)c(NSC)cc2n1SI. The van der Waals surface area contributed by atoms with Crippen LogP contribution in [-0.2, 0) is 0 Å². The summed E-state index contributed by atoms with van der Waals surface area (Å²) in [6, 6.07) is 6.31. The maximum Gasteiger partial charge on any atom is 0.220 e. The highest BCUT2D eigenvalue weighted by atomic mass is 127. The molecule has 0 saturated heterocycles. The van der Waals surface area contributed by atoms with E-state index in [0.717, 1.165) is 0 Å². The van der Waals surface area contributed by atoms with Gasteiger partial charge in [0.1, 0.15) is 17.6 Å². The second-order valence-corrected chi connectivity index (χ2v) is 6.31. The second kappa shape index (κ2) is 6.72. The van der Waals surface area contributed by atoms with Crippen LogP contribution < -0.4 is 4.72 Å². The number of nitriles is 1. The number of benzene rings is 1. The maximum atomic E-state index is 13.9. The van der Waals surface area contributed by atoms with E-state index >= 15 is 0 Å². The number of halogens is 2. The number of nitrogens with one attached hydrogen (secondary N) is 1. The van der Waals surface area contributed by atoms with Crippen molar-refractivity contribution >= 4 is 64.6 Å². The van der Waals surface area contributed by atoms with Gasteiger partial charge in [0.2, 0.25) is 5.78 Å². The van der Waals surface area contributed by atoms with E-state index in [0.29, 0.717) is 22.3 Å². The summed E-state index contributed by atoms with van der Waals surface area (Å²) in [5, 5.41) is 9.40. The first kappa shape index (κ1) is 16.2. The summed E-state index contributed by atoms with van der Waals surface area (Å²) in [6.07, 6.45) is 1.79.